The Bertz CT molecular complexity index is 1110. The van der Waals surface area contributed by atoms with Crippen LogP contribution in [0.1, 0.15) is 47.8 Å². The predicted octanol–water partition coefficient (Wildman–Crippen LogP) is 3.58. The summed E-state index contributed by atoms with van der Waals surface area (Å²) in [5.74, 6) is -4.39. The molecule has 0 radical (unpaired) electrons. The van der Waals surface area contributed by atoms with E-state index in [1.54, 1.807) is 39.0 Å². The first-order chi connectivity index (χ1) is 16.0. The van der Waals surface area contributed by atoms with Gasteiger partial charge in [0.2, 0.25) is 0 Å². The van der Waals surface area contributed by atoms with E-state index >= 15 is 0 Å². The van der Waals surface area contributed by atoms with E-state index in [9.17, 15) is 29.7 Å². The molecule has 174 valence electrons. The maximum Gasteiger partial charge on any atom is 1.20 e. The van der Waals surface area contributed by atoms with Gasteiger partial charge >= 0.3 is 33.1 Å². The topological polar surface area (TPSA) is 140 Å². The number of hydrogen-bond acceptors (Lipinski definition) is 9. The molecule has 10 heteroatoms. The first-order valence-electron chi connectivity index (χ1n) is 10.1. The van der Waals surface area contributed by atoms with Crippen LogP contribution in [0.25, 0.3) is 0 Å². The van der Waals surface area contributed by atoms with Crippen molar-refractivity contribution in [1.29, 1.82) is 0 Å². The summed E-state index contributed by atoms with van der Waals surface area (Å²) < 4.78 is 15.6. The van der Waals surface area contributed by atoms with Gasteiger partial charge in [-0.25, -0.2) is 14.4 Å². The summed E-state index contributed by atoms with van der Waals surface area (Å²) in [6, 6.07) is 12.6. The van der Waals surface area contributed by atoms with Crippen molar-refractivity contribution in [2.75, 3.05) is 0 Å². The van der Waals surface area contributed by atoms with Crippen LogP contribution in [0, 0.1) is 20.8 Å². The fraction of sp³-hybridized carbons (Fsp3) is 0.125. The van der Waals surface area contributed by atoms with Crippen LogP contribution in [0.2, 0.25) is 0 Å². The van der Waals surface area contributed by atoms with Crippen molar-refractivity contribution in [2.45, 2.75) is 20.8 Å². The molecule has 0 saturated heterocycles. The molecule has 0 aromatic heterocycles. The summed E-state index contributed by atoms with van der Waals surface area (Å²) in [6.45, 7) is 5.06. The van der Waals surface area contributed by atoms with E-state index < -0.39 is 33.1 Å². The maximum atomic E-state index is 12.7. The zero-order valence-electron chi connectivity index (χ0n) is 18.6. The Morgan fingerprint density at radius 2 is 0.824 bits per heavy atom. The number of aryl methyl sites for hydroxylation is 3. The zero-order chi connectivity index (χ0) is 25.0. The third-order valence-corrected chi connectivity index (χ3v) is 5.95. The van der Waals surface area contributed by atoms with Crippen LogP contribution in [0.4, 0.5) is 0 Å². The third kappa shape index (κ3) is 5.86. The van der Waals surface area contributed by atoms with E-state index in [4.69, 9.17) is 11.4 Å². The highest BCUT2D eigenvalue weighted by Gasteiger charge is 2.50. The molecular formula is C24H21AlO9. The van der Waals surface area contributed by atoms with Gasteiger partial charge in [0.25, 0.3) is 0 Å². The second kappa shape index (κ2) is 10.3. The van der Waals surface area contributed by atoms with E-state index in [2.05, 4.69) is 0 Å². The number of phenols is 3. The normalized spacial score (nSPS) is 10.3. The van der Waals surface area contributed by atoms with Crippen LogP contribution < -0.4 is 0 Å². The van der Waals surface area contributed by atoms with Gasteiger partial charge in [0.1, 0.15) is 17.2 Å². The summed E-state index contributed by atoms with van der Waals surface area (Å²) in [7, 11) is 0. The summed E-state index contributed by atoms with van der Waals surface area (Å²) in [5.41, 5.74) is 1.27. The van der Waals surface area contributed by atoms with Crippen molar-refractivity contribution < 1.29 is 41.1 Å². The van der Waals surface area contributed by atoms with E-state index in [1.807, 2.05) is 0 Å². The van der Waals surface area contributed by atoms with Crippen LogP contribution in [-0.2, 0) is 11.4 Å². The third-order valence-electron chi connectivity index (χ3n) is 4.73. The molecule has 0 aliphatic heterocycles. The number of phenolic OH excluding ortho intramolecular Hbond substituents is 3. The van der Waals surface area contributed by atoms with Crippen molar-refractivity contribution >= 4 is 33.1 Å². The summed E-state index contributed by atoms with van der Waals surface area (Å²) in [5, 5.41) is 30.0. The van der Waals surface area contributed by atoms with Crippen molar-refractivity contribution in [3.05, 3.63) is 88.0 Å². The molecule has 0 fully saturated rings. The van der Waals surface area contributed by atoms with Gasteiger partial charge in [-0.3, -0.25) is 0 Å². The molecule has 0 amide bonds. The number of benzene rings is 3. The Morgan fingerprint density at radius 3 is 1.09 bits per heavy atom. The van der Waals surface area contributed by atoms with Crippen molar-refractivity contribution in [2.24, 2.45) is 0 Å². The number of carbonyl (C=O) groups is 3. The average Bonchev–Trinajstić information content (AvgIpc) is 2.78. The smallest absolute Gasteiger partial charge is 0.547 e. The van der Waals surface area contributed by atoms with E-state index in [0.29, 0.717) is 16.7 Å². The zero-order valence-corrected chi connectivity index (χ0v) is 19.7. The molecule has 3 aromatic carbocycles. The Morgan fingerprint density at radius 1 is 0.559 bits per heavy atom. The van der Waals surface area contributed by atoms with Gasteiger partial charge in [-0.1, -0.05) is 34.9 Å². The molecule has 0 unspecified atom stereocenters. The SMILES string of the molecule is Cc1ccc(O)c(C(=O)[O][Al]([O]C(=O)c2cc(C)ccc2O)[O]C(=O)c2cc(C)ccc2O)c1. The molecule has 0 saturated carbocycles. The van der Waals surface area contributed by atoms with Crippen LogP contribution in [0.3, 0.4) is 0 Å². The summed E-state index contributed by atoms with van der Waals surface area (Å²) in [6.07, 6.45) is 0. The minimum atomic E-state index is -3.91. The quantitative estimate of drug-likeness (QED) is 0.452. The second-order valence-corrected chi connectivity index (χ2v) is 8.85. The molecule has 0 aliphatic rings. The molecule has 3 N–H and O–H groups in total. The Hall–Kier alpha value is -4.00. The molecule has 3 aromatic rings. The molecule has 9 nitrogen and oxygen atoms in total. The van der Waals surface area contributed by atoms with Gasteiger partial charge in [-0.2, -0.15) is 0 Å². The summed E-state index contributed by atoms with van der Waals surface area (Å²) >= 11 is -3.91. The Balaban J connectivity index is 1.90. The lowest BCUT2D eigenvalue weighted by atomic mass is 10.1. The highest BCUT2D eigenvalue weighted by atomic mass is 27.3. The number of aromatic hydroxyl groups is 3. The largest absolute Gasteiger partial charge is 1.20 e. The highest BCUT2D eigenvalue weighted by Crippen LogP contribution is 2.24. The monoisotopic (exact) mass is 480 g/mol. The van der Waals surface area contributed by atoms with Gasteiger partial charge in [0, 0.05) is 0 Å². The number of hydrogen-bond donors (Lipinski definition) is 3. The van der Waals surface area contributed by atoms with E-state index in [-0.39, 0.29) is 33.9 Å². The average molecular weight is 480 g/mol. The molecule has 0 atom stereocenters. The predicted molar refractivity (Wildman–Crippen MR) is 121 cm³/mol. The highest BCUT2D eigenvalue weighted by molar-refractivity contribution is 6.46. The molecule has 0 spiro atoms. The Labute approximate surface area is 200 Å². The molecular weight excluding hydrogens is 459 g/mol. The van der Waals surface area contributed by atoms with Gasteiger partial charge in [0.05, 0.1) is 16.7 Å². The molecule has 3 rings (SSSR count). The van der Waals surface area contributed by atoms with E-state index in [0.717, 1.165) is 0 Å². The first-order valence-corrected chi connectivity index (χ1v) is 11.5. The maximum absolute atomic E-state index is 12.7. The van der Waals surface area contributed by atoms with E-state index in [1.165, 1.54) is 36.4 Å². The molecule has 34 heavy (non-hydrogen) atoms. The van der Waals surface area contributed by atoms with Gasteiger partial charge in [-0.15, -0.1) is 0 Å². The first kappa shape index (κ1) is 24.6. The van der Waals surface area contributed by atoms with Crippen molar-refractivity contribution in [1.82, 2.24) is 0 Å². The minimum absolute atomic E-state index is 0.221. The van der Waals surface area contributed by atoms with Crippen molar-refractivity contribution in [3.8, 4) is 17.2 Å². The number of carbonyl (C=O) groups excluding carboxylic acids is 3. The minimum Gasteiger partial charge on any atom is -0.547 e. The van der Waals surface area contributed by atoms with Crippen LogP contribution >= 0.6 is 0 Å². The Kier molecular flexibility index (Phi) is 7.46. The van der Waals surface area contributed by atoms with Gasteiger partial charge in [0.15, 0.2) is 0 Å². The lowest BCUT2D eigenvalue weighted by molar-refractivity contribution is 0.0407. The fourth-order valence-electron chi connectivity index (χ4n) is 2.96. The van der Waals surface area contributed by atoms with Crippen LogP contribution in [0.15, 0.2) is 54.6 Å². The number of rotatable bonds is 6. The van der Waals surface area contributed by atoms with Gasteiger partial charge < -0.3 is 26.7 Å². The molecule has 0 aliphatic carbocycles. The lowest BCUT2D eigenvalue weighted by Gasteiger charge is -2.15. The summed E-state index contributed by atoms with van der Waals surface area (Å²) in [4.78, 5) is 38.0. The molecule has 0 heterocycles. The second-order valence-electron chi connectivity index (χ2n) is 7.57. The standard InChI is InChI=1S/3C8H8O3.Al/c3*1-5-2-3-7(9)6(4-5)8(10)11;/h3*2-4,9H,1H3,(H,10,11);/q;;;+3/p-3. The lowest BCUT2D eigenvalue weighted by Crippen LogP contribution is -2.35. The molecule has 0 bridgehead atoms. The van der Waals surface area contributed by atoms with Crippen molar-refractivity contribution in [3.63, 3.8) is 0 Å². The van der Waals surface area contributed by atoms with Crippen LogP contribution in [0.5, 0.6) is 17.2 Å². The van der Waals surface area contributed by atoms with Crippen LogP contribution in [-0.4, -0.2) is 48.4 Å². The van der Waals surface area contributed by atoms with Gasteiger partial charge in [-0.05, 0) is 57.2 Å². The fourth-order valence-corrected chi connectivity index (χ4v) is 4.01.